The van der Waals surface area contributed by atoms with E-state index in [0.717, 1.165) is 22.3 Å². The van der Waals surface area contributed by atoms with Gasteiger partial charge in [0.1, 0.15) is 11.5 Å². The fourth-order valence-corrected chi connectivity index (χ4v) is 2.00. The average molecular weight is 284 g/mol. The lowest BCUT2D eigenvalue weighted by Gasteiger charge is -2.13. The van der Waals surface area contributed by atoms with Crippen LogP contribution >= 0.6 is 0 Å². The van der Waals surface area contributed by atoms with E-state index in [1.807, 2.05) is 64.1 Å². The monoisotopic (exact) mass is 284 g/mol. The van der Waals surface area contributed by atoms with Crippen molar-refractivity contribution in [1.29, 1.82) is 0 Å². The van der Waals surface area contributed by atoms with Crippen LogP contribution in [0.15, 0.2) is 36.4 Å². The number of ether oxygens (including phenoxy) is 2. The second-order valence-electron chi connectivity index (χ2n) is 5.23. The minimum Gasteiger partial charge on any atom is -0.482 e. The third-order valence-corrected chi connectivity index (χ3v) is 3.47. The summed E-state index contributed by atoms with van der Waals surface area (Å²) in [6, 6.07) is 11.5. The van der Waals surface area contributed by atoms with Crippen LogP contribution in [-0.2, 0) is 4.79 Å². The Morgan fingerprint density at radius 3 is 2.19 bits per heavy atom. The molecule has 0 amide bonds. The van der Waals surface area contributed by atoms with Crippen molar-refractivity contribution in [2.45, 2.75) is 27.7 Å². The summed E-state index contributed by atoms with van der Waals surface area (Å²) in [5.41, 5.74) is 4.18. The molecule has 0 aliphatic carbocycles. The molecule has 21 heavy (non-hydrogen) atoms. The summed E-state index contributed by atoms with van der Waals surface area (Å²) >= 11 is 0. The highest BCUT2D eigenvalue weighted by Gasteiger charge is 2.12. The number of aryl methyl sites for hydroxylation is 3. The minimum absolute atomic E-state index is 0.101. The van der Waals surface area contributed by atoms with E-state index < -0.39 is 5.97 Å². The van der Waals surface area contributed by atoms with Crippen LogP contribution < -0.4 is 9.47 Å². The number of carbonyl (C=O) groups is 1. The van der Waals surface area contributed by atoms with Gasteiger partial charge in [-0.1, -0.05) is 29.8 Å². The van der Waals surface area contributed by atoms with E-state index in [2.05, 4.69) is 0 Å². The van der Waals surface area contributed by atoms with Crippen LogP contribution in [0.3, 0.4) is 0 Å². The molecule has 0 N–H and O–H groups in total. The van der Waals surface area contributed by atoms with Crippen molar-refractivity contribution < 1.29 is 14.3 Å². The van der Waals surface area contributed by atoms with Crippen LogP contribution in [0.2, 0.25) is 0 Å². The van der Waals surface area contributed by atoms with Gasteiger partial charge in [0.05, 0.1) is 0 Å². The van der Waals surface area contributed by atoms with Crippen molar-refractivity contribution in [3.05, 3.63) is 58.7 Å². The van der Waals surface area contributed by atoms with Crippen molar-refractivity contribution >= 4 is 5.97 Å². The Bertz CT molecular complexity index is 642. The van der Waals surface area contributed by atoms with E-state index in [4.69, 9.17) is 9.47 Å². The maximum Gasteiger partial charge on any atom is 0.349 e. The molecule has 0 bridgehead atoms. The lowest BCUT2D eigenvalue weighted by molar-refractivity contribution is -0.136. The number of carbonyl (C=O) groups excluding carboxylic acids is 1. The first-order valence-corrected chi connectivity index (χ1v) is 6.94. The Balaban J connectivity index is 1.99. The number of rotatable bonds is 4. The molecule has 110 valence electrons. The van der Waals surface area contributed by atoms with Gasteiger partial charge in [-0.25, -0.2) is 4.79 Å². The summed E-state index contributed by atoms with van der Waals surface area (Å²) < 4.78 is 10.9. The predicted octanol–water partition coefficient (Wildman–Crippen LogP) is 3.90. The van der Waals surface area contributed by atoms with E-state index in [9.17, 15) is 4.79 Å². The van der Waals surface area contributed by atoms with Crippen LogP contribution in [0.5, 0.6) is 11.5 Å². The summed E-state index contributed by atoms with van der Waals surface area (Å²) in [6.07, 6.45) is 0. The SMILES string of the molecule is Cc1ccc(OCC(=O)Oc2c(C)ccc(C)c2C)cc1. The zero-order valence-electron chi connectivity index (χ0n) is 12.9. The molecule has 0 radical (unpaired) electrons. The molecule has 3 heteroatoms. The molecule has 0 heterocycles. The van der Waals surface area contributed by atoms with Gasteiger partial charge < -0.3 is 9.47 Å². The van der Waals surface area contributed by atoms with Crippen molar-refractivity contribution in [2.24, 2.45) is 0 Å². The molecule has 0 saturated carbocycles. The van der Waals surface area contributed by atoms with Gasteiger partial charge in [0.15, 0.2) is 6.61 Å². The largest absolute Gasteiger partial charge is 0.482 e. The molecule has 0 aromatic heterocycles. The second-order valence-corrected chi connectivity index (χ2v) is 5.23. The number of esters is 1. The van der Waals surface area contributed by atoms with Crippen LogP contribution in [0.25, 0.3) is 0 Å². The third-order valence-electron chi connectivity index (χ3n) is 3.47. The first kappa shape index (κ1) is 15.1. The van der Waals surface area contributed by atoms with Gasteiger partial charge in [0.25, 0.3) is 0 Å². The van der Waals surface area contributed by atoms with Crippen molar-refractivity contribution in [1.82, 2.24) is 0 Å². The lowest BCUT2D eigenvalue weighted by Crippen LogP contribution is -2.18. The topological polar surface area (TPSA) is 35.5 Å². The zero-order chi connectivity index (χ0) is 15.4. The molecule has 0 fully saturated rings. The Kier molecular flexibility index (Phi) is 4.63. The number of hydrogen-bond acceptors (Lipinski definition) is 3. The number of benzene rings is 2. The molecule has 3 nitrogen and oxygen atoms in total. The maximum absolute atomic E-state index is 11.9. The summed E-state index contributed by atoms with van der Waals surface area (Å²) in [7, 11) is 0. The van der Waals surface area contributed by atoms with E-state index in [-0.39, 0.29) is 6.61 Å². The van der Waals surface area contributed by atoms with Gasteiger partial charge in [-0.05, 0) is 56.5 Å². The Morgan fingerprint density at radius 2 is 1.52 bits per heavy atom. The zero-order valence-corrected chi connectivity index (χ0v) is 12.9. The second kappa shape index (κ2) is 6.44. The van der Waals surface area contributed by atoms with E-state index >= 15 is 0 Å². The van der Waals surface area contributed by atoms with Crippen molar-refractivity contribution in [3.63, 3.8) is 0 Å². The Morgan fingerprint density at radius 1 is 0.905 bits per heavy atom. The summed E-state index contributed by atoms with van der Waals surface area (Å²) in [4.78, 5) is 11.9. The molecular formula is C18H20O3. The molecule has 2 rings (SSSR count). The molecule has 0 unspecified atom stereocenters. The van der Waals surface area contributed by atoms with E-state index in [0.29, 0.717) is 11.5 Å². The summed E-state index contributed by atoms with van der Waals surface area (Å²) in [5, 5.41) is 0. The third kappa shape index (κ3) is 3.85. The normalized spacial score (nSPS) is 10.3. The van der Waals surface area contributed by atoms with Gasteiger partial charge in [0, 0.05) is 0 Å². The van der Waals surface area contributed by atoms with Gasteiger partial charge in [-0.3, -0.25) is 0 Å². The summed E-state index contributed by atoms with van der Waals surface area (Å²) in [5.74, 6) is 0.898. The van der Waals surface area contributed by atoms with Crippen LogP contribution in [-0.4, -0.2) is 12.6 Å². The molecule has 0 saturated heterocycles. The number of hydrogen-bond donors (Lipinski definition) is 0. The van der Waals surface area contributed by atoms with Crippen LogP contribution in [0, 0.1) is 27.7 Å². The first-order valence-electron chi connectivity index (χ1n) is 6.94. The predicted molar refractivity (Wildman–Crippen MR) is 83.0 cm³/mol. The standard InChI is InChI=1S/C18H20O3/c1-12-5-9-16(10-6-12)20-11-17(19)21-18-14(3)8-7-13(2)15(18)4/h5-10H,11H2,1-4H3. The molecular weight excluding hydrogens is 264 g/mol. The molecule has 0 aliphatic heterocycles. The highest BCUT2D eigenvalue weighted by molar-refractivity contribution is 5.75. The Hall–Kier alpha value is -2.29. The van der Waals surface area contributed by atoms with Gasteiger partial charge in [-0.2, -0.15) is 0 Å². The smallest absolute Gasteiger partial charge is 0.349 e. The fourth-order valence-electron chi connectivity index (χ4n) is 2.00. The maximum atomic E-state index is 11.9. The van der Waals surface area contributed by atoms with Crippen molar-refractivity contribution in [2.75, 3.05) is 6.61 Å². The summed E-state index contributed by atoms with van der Waals surface area (Å²) in [6.45, 7) is 7.77. The molecule has 0 aliphatic rings. The lowest BCUT2D eigenvalue weighted by atomic mass is 10.1. The van der Waals surface area contributed by atoms with E-state index in [1.165, 1.54) is 0 Å². The highest BCUT2D eigenvalue weighted by atomic mass is 16.6. The molecule has 0 atom stereocenters. The highest BCUT2D eigenvalue weighted by Crippen LogP contribution is 2.25. The molecule has 2 aromatic rings. The van der Waals surface area contributed by atoms with E-state index in [1.54, 1.807) is 0 Å². The van der Waals surface area contributed by atoms with Crippen LogP contribution in [0.1, 0.15) is 22.3 Å². The van der Waals surface area contributed by atoms with Gasteiger partial charge in [-0.15, -0.1) is 0 Å². The Labute approximate surface area is 125 Å². The average Bonchev–Trinajstić information content (AvgIpc) is 2.47. The molecule has 0 spiro atoms. The minimum atomic E-state index is -0.396. The van der Waals surface area contributed by atoms with Gasteiger partial charge >= 0.3 is 5.97 Å². The van der Waals surface area contributed by atoms with Gasteiger partial charge in [0.2, 0.25) is 0 Å². The quantitative estimate of drug-likeness (QED) is 0.631. The molecule has 2 aromatic carbocycles. The van der Waals surface area contributed by atoms with Crippen LogP contribution in [0.4, 0.5) is 0 Å². The van der Waals surface area contributed by atoms with Crippen molar-refractivity contribution in [3.8, 4) is 11.5 Å². The fraction of sp³-hybridized carbons (Fsp3) is 0.278. The first-order chi connectivity index (χ1) is 9.97.